The lowest BCUT2D eigenvalue weighted by atomic mass is 10.2. The Morgan fingerprint density at radius 2 is 2.00 bits per heavy atom. The van der Waals surface area contributed by atoms with Gasteiger partial charge in [0.15, 0.2) is 0 Å². The Bertz CT molecular complexity index is 287. The predicted molar refractivity (Wildman–Crippen MR) is 56.9 cm³/mol. The largest absolute Gasteiger partial charge is 0.497 e. The fourth-order valence-corrected chi connectivity index (χ4v) is 1.26. The summed E-state index contributed by atoms with van der Waals surface area (Å²) < 4.78 is 10.4. The maximum atomic E-state index is 5.26. The molecule has 1 aromatic rings. The molecular weight excluding hydrogens is 178 g/mol. The monoisotopic (exact) mass is 195 g/mol. The molecule has 1 N–H and O–H groups in total. The molecule has 1 aromatic carbocycles. The van der Waals surface area contributed by atoms with Crippen LogP contribution in [0.25, 0.3) is 0 Å². The molecule has 0 aliphatic rings. The Hall–Kier alpha value is -1.22. The third-order valence-corrected chi connectivity index (χ3v) is 2.06. The van der Waals surface area contributed by atoms with Gasteiger partial charge in [0.25, 0.3) is 0 Å². The van der Waals surface area contributed by atoms with Gasteiger partial charge in [-0.3, -0.25) is 0 Å². The molecule has 0 amide bonds. The summed E-state index contributed by atoms with van der Waals surface area (Å²) in [5.41, 5.74) is 1.15. The Morgan fingerprint density at radius 1 is 1.21 bits per heavy atom. The number of rotatable bonds is 5. The van der Waals surface area contributed by atoms with Crippen molar-refractivity contribution >= 4 is 0 Å². The standard InChI is InChI=1S/C11H17NO2/c1-4-12-8-9-5-6-10(13-2)7-11(9)14-3/h5-7,12H,4,8H2,1-3H3. The summed E-state index contributed by atoms with van der Waals surface area (Å²) in [5, 5.41) is 3.26. The number of hydrogen-bond acceptors (Lipinski definition) is 3. The van der Waals surface area contributed by atoms with Crippen LogP contribution in [0.3, 0.4) is 0 Å². The molecule has 3 heteroatoms. The van der Waals surface area contributed by atoms with E-state index in [0.717, 1.165) is 30.2 Å². The molecule has 0 aromatic heterocycles. The zero-order chi connectivity index (χ0) is 10.4. The van der Waals surface area contributed by atoms with E-state index in [1.807, 2.05) is 18.2 Å². The molecule has 14 heavy (non-hydrogen) atoms. The summed E-state index contributed by atoms with van der Waals surface area (Å²) in [4.78, 5) is 0. The van der Waals surface area contributed by atoms with Crippen molar-refractivity contribution in [1.29, 1.82) is 0 Å². The van der Waals surface area contributed by atoms with E-state index in [1.165, 1.54) is 0 Å². The molecule has 0 aliphatic carbocycles. The average Bonchev–Trinajstić information content (AvgIpc) is 2.26. The van der Waals surface area contributed by atoms with E-state index in [1.54, 1.807) is 14.2 Å². The van der Waals surface area contributed by atoms with Gasteiger partial charge in [0.1, 0.15) is 11.5 Å². The van der Waals surface area contributed by atoms with E-state index in [4.69, 9.17) is 9.47 Å². The van der Waals surface area contributed by atoms with E-state index >= 15 is 0 Å². The van der Waals surface area contributed by atoms with Gasteiger partial charge >= 0.3 is 0 Å². The number of nitrogens with one attached hydrogen (secondary N) is 1. The van der Waals surface area contributed by atoms with Crippen molar-refractivity contribution in [3.05, 3.63) is 23.8 Å². The van der Waals surface area contributed by atoms with Crippen molar-refractivity contribution in [3.63, 3.8) is 0 Å². The summed E-state index contributed by atoms with van der Waals surface area (Å²) in [6.07, 6.45) is 0. The molecule has 0 fully saturated rings. The Labute approximate surface area is 85.0 Å². The highest BCUT2D eigenvalue weighted by atomic mass is 16.5. The van der Waals surface area contributed by atoms with Gasteiger partial charge in [0.05, 0.1) is 14.2 Å². The third kappa shape index (κ3) is 2.64. The molecule has 0 spiro atoms. The lowest BCUT2D eigenvalue weighted by Gasteiger charge is -2.10. The fourth-order valence-electron chi connectivity index (χ4n) is 1.26. The van der Waals surface area contributed by atoms with Gasteiger partial charge in [-0.2, -0.15) is 0 Å². The van der Waals surface area contributed by atoms with Crippen molar-refractivity contribution < 1.29 is 9.47 Å². The number of methoxy groups -OCH3 is 2. The van der Waals surface area contributed by atoms with Crippen molar-refractivity contribution in [2.75, 3.05) is 20.8 Å². The van der Waals surface area contributed by atoms with E-state index < -0.39 is 0 Å². The molecule has 0 radical (unpaired) electrons. The highest BCUT2D eigenvalue weighted by Gasteiger charge is 2.03. The van der Waals surface area contributed by atoms with Gasteiger partial charge in [-0.25, -0.2) is 0 Å². The summed E-state index contributed by atoms with van der Waals surface area (Å²) >= 11 is 0. The molecular formula is C11H17NO2. The van der Waals surface area contributed by atoms with Crippen LogP contribution in [-0.4, -0.2) is 20.8 Å². The van der Waals surface area contributed by atoms with Gasteiger partial charge in [0.2, 0.25) is 0 Å². The van der Waals surface area contributed by atoms with Crippen molar-refractivity contribution in [2.45, 2.75) is 13.5 Å². The topological polar surface area (TPSA) is 30.5 Å². The van der Waals surface area contributed by atoms with Crippen molar-refractivity contribution in [2.24, 2.45) is 0 Å². The first-order chi connectivity index (χ1) is 6.81. The van der Waals surface area contributed by atoms with Crippen LogP contribution in [0.2, 0.25) is 0 Å². The zero-order valence-corrected chi connectivity index (χ0v) is 8.96. The Morgan fingerprint density at radius 3 is 2.57 bits per heavy atom. The minimum absolute atomic E-state index is 0.821. The first kappa shape index (κ1) is 10.9. The summed E-state index contributed by atoms with van der Waals surface area (Å²) in [7, 11) is 3.32. The van der Waals surface area contributed by atoms with Gasteiger partial charge in [0, 0.05) is 18.2 Å². The number of benzene rings is 1. The number of ether oxygens (including phenoxy) is 2. The molecule has 0 saturated heterocycles. The molecule has 0 aliphatic heterocycles. The minimum Gasteiger partial charge on any atom is -0.497 e. The van der Waals surface area contributed by atoms with Crippen LogP contribution in [0.4, 0.5) is 0 Å². The molecule has 3 nitrogen and oxygen atoms in total. The van der Waals surface area contributed by atoms with E-state index in [2.05, 4.69) is 12.2 Å². The van der Waals surface area contributed by atoms with E-state index in [0.29, 0.717) is 0 Å². The van der Waals surface area contributed by atoms with Gasteiger partial charge in [-0.1, -0.05) is 13.0 Å². The first-order valence-corrected chi connectivity index (χ1v) is 4.73. The van der Waals surface area contributed by atoms with Crippen LogP contribution in [-0.2, 0) is 6.54 Å². The Kier molecular flexibility index (Phi) is 4.26. The highest BCUT2D eigenvalue weighted by Crippen LogP contribution is 2.24. The second-order valence-corrected chi connectivity index (χ2v) is 2.96. The van der Waals surface area contributed by atoms with Crippen LogP contribution in [0.5, 0.6) is 11.5 Å². The maximum Gasteiger partial charge on any atom is 0.127 e. The van der Waals surface area contributed by atoms with Crippen LogP contribution < -0.4 is 14.8 Å². The highest BCUT2D eigenvalue weighted by molar-refractivity contribution is 5.40. The second-order valence-electron chi connectivity index (χ2n) is 2.96. The molecule has 0 heterocycles. The van der Waals surface area contributed by atoms with Crippen molar-refractivity contribution in [1.82, 2.24) is 5.32 Å². The lowest BCUT2D eigenvalue weighted by Crippen LogP contribution is -2.12. The third-order valence-electron chi connectivity index (χ3n) is 2.06. The smallest absolute Gasteiger partial charge is 0.127 e. The van der Waals surface area contributed by atoms with Crippen LogP contribution >= 0.6 is 0 Å². The van der Waals surface area contributed by atoms with Gasteiger partial charge in [-0.15, -0.1) is 0 Å². The molecule has 0 atom stereocenters. The van der Waals surface area contributed by atoms with Gasteiger partial charge < -0.3 is 14.8 Å². The summed E-state index contributed by atoms with van der Waals surface area (Å²) in [6, 6.07) is 5.85. The van der Waals surface area contributed by atoms with Crippen LogP contribution in [0, 0.1) is 0 Å². The quantitative estimate of drug-likeness (QED) is 0.777. The fraction of sp³-hybridized carbons (Fsp3) is 0.455. The van der Waals surface area contributed by atoms with E-state index in [-0.39, 0.29) is 0 Å². The number of hydrogen-bond donors (Lipinski definition) is 1. The minimum atomic E-state index is 0.821. The SMILES string of the molecule is CCNCc1ccc(OC)cc1OC. The van der Waals surface area contributed by atoms with Crippen molar-refractivity contribution in [3.8, 4) is 11.5 Å². The average molecular weight is 195 g/mol. The molecule has 0 bridgehead atoms. The normalized spacial score (nSPS) is 9.93. The lowest BCUT2D eigenvalue weighted by molar-refractivity contribution is 0.390. The van der Waals surface area contributed by atoms with E-state index in [9.17, 15) is 0 Å². The second kappa shape index (κ2) is 5.50. The Balaban J connectivity index is 2.82. The van der Waals surface area contributed by atoms with Crippen LogP contribution in [0.15, 0.2) is 18.2 Å². The molecule has 0 unspecified atom stereocenters. The molecule has 1 rings (SSSR count). The molecule has 78 valence electrons. The first-order valence-electron chi connectivity index (χ1n) is 4.73. The maximum absolute atomic E-state index is 5.26. The van der Waals surface area contributed by atoms with Crippen LogP contribution in [0.1, 0.15) is 12.5 Å². The molecule has 0 saturated carbocycles. The summed E-state index contributed by atoms with van der Waals surface area (Å²) in [5.74, 6) is 1.69. The zero-order valence-electron chi connectivity index (χ0n) is 8.96. The van der Waals surface area contributed by atoms with Gasteiger partial charge in [-0.05, 0) is 12.6 Å². The summed E-state index contributed by atoms with van der Waals surface area (Å²) in [6.45, 7) is 3.86. The predicted octanol–water partition coefficient (Wildman–Crippen LogP) is 1.81.